The molecular weight excluding hydrogens is 322 g/mol. The van der Waals surface area contributed by atoms with E-state index in [-0.39, 0.29) is 26.2 Å². The normalized spacial score (nSPS) is 11.5. The first-order valence-corrected chi connectivity index (χ1v) is 7.98. The summed E-state index contributed by atoms with van der Waals surface area (Å²) < 4.78 is 10.5. The number of rotatable bonds is 9. The predicted molar refractivity (Wildman–Crippen MR) is 91.9 cm³/mol. The number of hydrogen-bond donors (Lipinski definition) is 2. The first kappa shape index (κ1) is 18.5. The summed E-state index contributed by atoms with van der Waals surface area (Å²) in [7, 11) is 0. The maximum absolute atomic E-state index is 11.6. The van der Waals surface area contributed by atoms with Gasteiger partial charge in [-0.25, -0.2) is 9.59 Å². The summed E-state index contributed by atoms with van der Waals surface area (Å²) >= 11 is 0. The molecule has 0 spiro atoms. The molecule has 0 saturated carbocycles. The van der Waals surface area contributed by atoms with Gasteiger partial charge in [-0.2, -0.15) is 0 Å². The highest BCUT2D eigenvalue weighted by atomic mass is 16.5. The first-order chi connectivity index (χ1) is 12.1. The van der Waals surface area contributed by atoms with E-state index in [9.17, 15) is 14.7 Å². The summed E-state index contributed by atoms with van der Waals surface area (Å²) in [6, 6.07) is 18.6. The van der Waals surface area contributed by atoms with Gasteiger partial charge in [0, 0.05) is 13.0 Å². The van der Waals surface area contributed by atoms with Gasteiger partial charge in [0.15, 0.2) is 6.10 Å². The topological polar surface area (TPSA) is 84.9 Å². The van der Waals surface area contributed by atoms with Crippen LogP contribution in [0.1, 0.15) is 17.5 Å². The van der Waals surface area contributed by atoms with Crippen molar-refractivity contribution in [3.63, 3.8) is 0 Å². The van der Waals surface area contributed by atoms with Crippen LogP contribution in [0, 0.1) is 0 Å². The molecular formula is C19H21NO5. The van der Waals surface area contributed by atoms with Crippen LogP contribution < -0.4 is 5.32 Å². The minimum Gasteiger partial charge on any atom is -0.479 e. The lowest BCUT2D eigenvalue weighted by atomic mass is 10.2. The number of carbonyl (C=O) groups is 2. The highest BCUT2D eigenvalue weighted by Crippen LogP contribution is 2.06. The number of ether oxygens (including phenoxy) is 2. The highest BCUT2D eigenvalue weighted by molar-refractivity contribution is 5.72. The van der Waals surface area contributed by atoms with Gasteiger partial charge in [0.05, 0.1) is 6.61 Å². The van der Waals surface area contributed by atoms with E-state index in [1.807, 2.05) is 60.7 Å². The lowest BCUT2D eigenvalue weighted by molar-refractivity contribution is -0.151. The molecule has 0 aliphatic carbocycles. The number of benzene rings is 2. The Morgan fingerprint density at radius 2 is 1.48 bits per heavy atom. The van der Waals surface area contributed by atoms with E-state index in [0.717, 1.165) is 11.1 Å². The zero-order valence-corrected chi connectivity index (χ0v) is 13.8. The van der Waals surface area contributed by atoms with Gasteiger partial charge in [0.1, 0.15) is 6.61 Å². The second-order valence-electron chi connectivity index (χ2n) is 5.40. The summed E-state index contributed by atoms with van der Waals surface area (Å²) in [5.41, 5.74) is 1.77. The van der Waals surface area contributed by atoms with Crippen LogP contribution in [0.15, 0.2) is 60.7 Å². The van der Waals surface area contributed by atoms with Gasteiger partial charge in [-0.15, -0.1) is 0 Å². The minimum atomic E-state index is -1.06. The maximum Gasteiger partial charge on any atom is 0.407 e. The number of hydrogen-bond acceptors (Lipinski definition) is 4. The molecule has 2 N–H and O–H groups in total. The third-order valence-corrected chi connectivity index (χ3v) is 3.46. The van der Waals surface area contributed by atoms with Crippen molar-refractivity contribution >= 4 is 12.1 Å². The van der Waals surface area contributed by atoms with Crippen LogP contribution in [0.3, 0.4) is 0 Å². The number of carboxylic acids is 1. The SMILES string of the molecule is O=C(NCC[C@H](OCc1ccccc1)C(=O)O)OCc1ccccc1. The molecule has 0 bridgehead atoms. The Hall–Kier alpha value is -2.86. The highest BCUT2D eigenvalue weighted by Gasteiger charge is 2.18. The molecule has 0 unspecified atom stereocenters. The average molecular weight is 343 g/mol. The molecule has 2 aromatic carbocycles. The molecule has 6 nitrogen and oxygen atoms in total. The molecule has 6 heteroatoms. The molecule has 0 aliphatic rings. The number of aliphatic carboxylic acids is 1. The smallest absolute Gasteiger partial charge is 0.407 e. The summed E-state index contributed by atoms with van der Waals surface area (Å²) in [6.45, 7) is 0.523. The Morgan fingerprint density at radius 3 is 2.04 bits per heavy atom. The van der Waals surface area contributed by atoms with Gasteiger partial charge in [-0.05, 0) is 11.1 Å². The summed E-state index contributed by atoms with van der Waals surface area (Å²) in [4.78, 5) is 22.9. The minimum absolute atomic E-state index is 0.152. The van der Waals surface area contributed by atoms with E-state index >= 15 is 0 Å². The van der Waals surface area contributed by atoms with E-state index in [4.69, 9.17) is 9.47 Å². The molecule has 0 aliphatic heterocycles. The Kier molecular flexibility index (Phi) is 7.46. The Labute approximate surface area is 146 Å². The largest absolute Gasteiger partial charge is 0.479 e. The van der Waals surface area contributed by atoms with Gasteiger partial charge in [0.25, 0.3) is 0 Å². The molecule has 0 heterocycles. The van der Waals surface area contributed by atoms with Gasteiger partial charge in [-0.3, -0.25) is 0 Å². The van der Waals surface area contributed by atoms with Crippen LogP contribution in [-0.2, 0) is 27.5 Å². The van der Waals surface area contributed by atoms with Gasteiger partial charge in [0.2, 0.25) is 0 Å². The van der Waals surface area contributed by atoms with Crippen molar-refractivity contribution in [2.75, 3.05) is 6.54 Å². The van der Waals surface area contributed by atoms with E-state index < -0.39 is 18.2 Å². The summed E-state index contributed by atoms with van der Waals surface area (Å²) in [5.74, 6) is -1.06. The van der Waals surface area contributed by atoms with Crippen molar-refractivity contribution in [1.29, 1.82) is 0 Å². The van der Waals surface area contributed by atoms with Crippen LogP contribution in [0.2, 0.25) is 0 Å². The fourth-order valence-electron chi connectivity index (χ4n) is 2.13. The Balaban J connectivity index is 1.68. The lowest BCUT2D eigenvalue weighted by Gasteiger charge is -2.14. The van der Waals surface area contributed by atoms with Crippen molar-refractivity contribution in [2.24, 2.45) is 0 Å². The lowest BCUT2D eigenvalue weighted by Crippen LogP contribution is -2.32. The monoisotopic (exact) mass is 343 g/mol. The standard InChI is InChI=1S/C19H21NO5/c21-18(22)17(24-13-15-7-3-1-4-8-15)11-12-20-19(23)25-14-16-9-5-2-6-10-16/h1-10,17H,11-14H2,(H,20,23)(H,21,22)/t17-/m0/s1. The van der Waals surface area contributed by atoms with Crippen molar-refractivity contribution in [1.82, 2.24) is 5.32 Å². The van der Waals surface area contributed by atoms with Crippen LogP contribution in [-0.4, -0.2) is 29.8 Å². The van der Waals surface area contributed by atoms with Crippen molar-refractivity contribution in [3.8, 4) is 0 Å². The number of amides is 1. The van der Waals surface area contributed by atoms with Gasteiger partial charge < -0.3 is 19.9 Å². The van der Waals surface area contributed by atoms with Crippen molar-refractivity contribution in [2.45, 2.75) is 25.7 Å². The second kappa shape index (κ2) is 10.1. The fraction of sp³-hybridized carbons (Fsp3) is 0.263. The zero-order valence-electron chi connectivity index (χ0n) is 13.8. The van der Waals surface area contributed by atoms with Crippen LogP contribution in [0.5, 0.6) is 0 Å². The second-order valence-corrected chi connectivity index (χ2v) is 5.40. The molecule has 0 saturated heterocycles. The quantitative estimate of drug-likeness (QED) is 0.731. The first-order valence-electron chi connectivity index (χ1n) is 7.98. The number of nitrogens with one attached hydrogen (secondary N) is 1. The van der Waals surface area contributed by atoms with Crippen LogP contribution in [0.4, 0.5) is 4.79 Å². The summed E-state index contributed by atoms with van der Waals surface area (Å²) in [6.07, 6.45) is -1.42. The van der Waals surface area contributed by atoms with E-state index in [1.54, 1.807) is 0 Å². The van der Waals surface area contributed by atoms with Crippen molar-refractivity contribution in [3.05, 3.63) is 71.8 Å². The molecule has 2 rings (SSSR count). The Bertz CT molecular complexity index is 660. The third kappa shape index (κ3) is 7.05. The molecule has 132 valence electrons. The molecule has 0 radical (unpaired) electrons. The molecule has 0 aromatic heterocycles. The molecule has 0 fully saturated rings. The maximum atomic E-state index is 11.6. The fourth-order valence-corrected chi connectivity index (χ4v) is 2.13. The number of carbonyl (C=O) groups excluding carboxylic acids is 1. The van der Waals surface area contributed by atoms with Crippen molar-refractivity contribution < 1.29 is 24.2 Å². The number of carboxylic acid groups (broad SMARTS) is 1. The molecule has 1 atom stereocenters. The van der Waals surface area contributed by atoms with E-state index in [0.29, 0.717) is 0 Å². The summed E-state index contributed by atoms with van der Waals surface area (Å²) in [5, 5.41) is 11.7. The van der Waals surface area contributed by atoms with Gasteiger partial charge >= 0.3 is 12.1 Å². The van der Waals surface area contributed by atoms with Gasteiger partial charge in [-0.1, -0.05) is 60.7 Å². The number of alkyl carbamates (subject to hydrolysis) is 1. The average Bonchev–Trinajstić information content (AvgIpc) is 2.64. The van der Waals surface area contributed by atoms with E-state index in [1.165, 1.54) is 0 Å². The van der Waals surface area contributed by atoms with E-state index in [2.05, 4.69) is 5.32 Å². The Morgan fingerprint density at radius 1 is 0.920 bits per heavy atom. The van der Waals surface area contributed by atoms with Crippen LogP contribution in [0.25, 0.3) is 0 Å². The molecule has 2 aromatic rings. The zero-order chi connectivity index (χ0) is 17.9. The molecule has 25 heavy (non-hydrogen) atoms. The predicted octanol–water partition coefficient (Wildman–Crippen LogP) is 2.97. The molecule has 1 amide bonds. The third-order valence-electron chi connectivity index (χ3n) is 3.46. The van der Waals surface area contributed by atoms with Crippen LogP contribution >= 0.6 is 0 Å².